The third-order valence-electron chi connectivity index (χ3n) is 5.31. The molecule has 1 aliphatic heterocycles. The normalized spacial score (nSPS) is 20.8. The minimum atomic E-state index is -0.364. The Kier molecular flexibility index (Phi) is 5.24. The van der Waals surface area contributed by atoms with Gasteiger partial charge in [0, 0.05) is 15.7 Å². The fourth-order valence-corrected chi connectivity index (χ4v) is 3.94. The van der Waals surface area contributed by atoms with E-state index >= 15 is 0 Å². The number of fused-ring (bicyclic) bond motifs is 1. The van der Waals surface area contributed by atoms with Gasteiger partial charge in [0.2, 0.25) is 11.8 Å². The van der Waals surface area contributed by atoms with Gasteiger partial charge in [-0.15, -0.1) is 0 Å². The Bertz CT molecular complexity index is 1030. The first-order valence-corrected chi connectivity index (χ1v) is 10.2. The molecular weight excluding hydrogens is 434 g/mol. The van der Waals surface area contributed by atoms with Crippen molar-refractivity contribution in [3.8, 4) is 0 Å². The zero-order valence-electron chi connectivity index (χ0n) is 15.8. The van der Waals surface area contributed by atoms with E-state index in [1.54, 1.807) is 24.3 Å². The summed E-state index contributed by atoms with van der Waals surface area (Å²) in [4.78, 5) is 38.1. The molecule has 4 rings (SSSR count). The second kappa shape index (κ2) is 7.83. The molecule has 0 bridgehead atoms. The number of allylic oxidation sites excluding steroid dienone is 2. The third-order valence-corrected chi connectivity index (χ3v) is 6.20. The van der Waals surface area contributed by atoms with E-state index in [4.69, 9.17) is 0 Å². The Morgan fingerprint density at radius 3 is 2.62 bits per heavy atom. The molecule has 2 unspecified atom stereocenters. The summed E-state index contributed by atoms with van der Waals surface area (Å²) in [7, 11) is 0. The molecule has 1 aliphatic carbocycles. The maximum Gasteiger partial charge on any atom is 0.255 e. The lowest BCUT2D eigenvalue weighted by Gasteiger charge is -2.38. The molecule has 0 saturated carbocycles. The third kappa shape index (κ3) is 3.82. The number of hydrazine groups is 1. The van der Waals surface area contributed by atoms with Gasteiger partial charge in [0.25, 0.3) is 5.91 Å². The number of nitrogens with one attached hydrogen (secondary N) is 2. The van der Waals surface area contributed by atoms with Crippen molar-refractivity contribution in [3.63, 3.8) is 0 Å². The molecule has 1 saturated heterocycles. The molecule has 1 fully saturated rings. The molecule has 148 valence electrons. The van der Waals surface area contributed by atoms with E-state index in [9.17, 15) is 14.4 Å². The summed E-state index contributed by atoms with van der Waals surface area (Å²) in [5.74, 6) is -1.30. The molecule has 2 atom stereocenters. The van der Waals surface area contributed by atoms with E-state index in [1.165, 1.54) is 5.01 Å². The van der Waals surface area contributed by atoms with Gasteiger partial charge < -0.3 is 5.32 Å². The Balaban J connectivity index is 1.56. The van der Waals surface area contributed by atoms with Gasteiger partial charge in [-0.1, -0.05) is 34.1 Å². The van der Waals surface area contributed by atoms with Gasteiger partial charge in [0.05, 0.1) is 17.5 Å². The Morgan fingerprint density at radius 2 is 1.86 bits per heavy atom. The first-order chi connectivity index (χ1) is 13.9. The molecule has 29 heavy (non-hydrogen) atoms. The van der Waals surface area contributed by atoms with E-state index in [1.807, 2.05) is 37.3 Å². The number of hydrogen-bond acceptors (Lipinski definition) is 3. The van der Waals surface area contributed by atoms with E-state index in [0.717, 1.165) is 10.0 Å². The predicted octanol–water partition coefficient (Wildman–Crippen LogP) is 3.97. The largest absolute Gasteiger partial charge is 0.322 e. The van der Waals surface area contributed by atoms with Crippen molar-refractivity contribution >= 4 is 45.0 Å². The van der Waals surface area contributed by atoms with Crippen molar-refractivity contribution in [3.05, 3.63) is 70.2 Å². The number of rotatable bonds is 3. The lowest BCUT2D eigenvalue weighted by molar-refractivity contribution is -0.139. The average Bonchev–Trinajstić information content (AvgIpc) is 2.73. The maximum absolute atomic E-state index is 12.9. The minimum Gasteiger partial charge on any atom is -0.322 e. The van der Waals surface area contributed by atoms with Crippen LogP contribution >= 0.6 is 15.9 Å². The van der Waals surface area contributed by atoms with Crippen LogP contribution in [0.5, 0.6) is 0 Å². The number of amides is 3. The lowest BCUT2D eigenvalue weighted by Crippen LogP contribution is -2.59. The predicted molar refractivity (Wildman–Crippen MR) is 114 cm³/mol. The summed E-state index contributed by atoms with van der Waals surface area (Å²) in [5, 5.41) is 4.13. The maximum atomic E-state index is 12.9. The fourth-order valence-electron chi connectivity index (χ4n) is 3.69. The van der Waals surface area contributed by atoms with Crippen LogP contribution < -0.4 is 15.8 Å². The van der Waals surface area contributed by atoms with Gasteiger partial charge in [-0.2, -0.15) is 0 Å². The molecule has 6 nitrogen and oxygen atoms in total. The fraction of sp³-hybridized carbons (Fsp3) is 0.227. The smallest absolute Gasteiger partial charge is 0.255 e. The molecule has 0 radical (unpaired) electrons. The lowest BCUT2D eigenvalue weighted by atomic mass is 9.80. The van der Waals surface area contributed by atoms with Crippen LogP contribution in [-0.2, 0) is 9.59 Å². The van der Waals surface area contributed by atoms with Gasteiger partial charge in [-0.3, -0.25) is 19.8 Å². The zero-order valence-corrected chi connectivity index (χ0v) is 17.4. The van der Waals surface area contributed by atoms with Crippen LogP contribution in [0.1, 0.15) is 28.8 Å². The van der Waals surface area contributed by atoms with Crippen molar-refractivity contribution in [2.75, 3.05) is 10.3 Å². The first-order valence-electron chi connectivity index (χ1n) is 9.41. The Hall–Kier alpha value is -2.93. The van der Waals surface area contributed by atoms with Crippen molar-refractivity contribution < 1.29 is 14.4 Å². The van der Waals surface area contributed by atoms with Crippen LogP contribution in [0.4, 0.5) is 11.4 Å². The number of anilines is 2. The van der Waals surface area contributed by atoms with Crippen LogP contribution in [0.3, 0.4) is 0 Å². The summed E-state index contributed by atoms with van der Waals surface area (Å²) in [6.07, 6.45) is 5.01. The first kappa shape index (κ1) is 19.4. The van der Waals surface area contributed by atoms with Crippen LogP contribution in [0.2, 0.25) is 0 Å². The van der Waals surface area contributed by atoms with E-state index in [0.29, 0.717) is 29.8 Å². The number of hydrogen-bond donors (Lipinski definition) is 2. The summed E-state index contributed by atoms with van der Waals surface area (Å²) >= 11 is 3.44. The highest BCUT2D eigenvalue weighted by Gasteiger charge is 2.42. The second-order valence-corrected chi connectivity index (χ2v) is 8.13. The molecule has 2 aromatic rings. The molecule has 2 aliphatic rings. The molecule has 7 heteroatoms. The molecule has 0 spiro atoms. The molecule has 2 aromatic carbocycles. The average molecular weight is 454 g/mol. The van der Waals surface area contributed by atoms with Gasteiger partial charge in [0.1, 0.15) is 0 Å². The van der Waals surface area contributed by atoms with Gasteiger partial charge in [0.15, 0.2) is 0 Å². The topological polar surface area (TPSA) is 78.5 Å². The van der Waals surface area contributed by atoms with Gasteiger partial charge >= 0.3 is 0 Å². The van der Waals surface area contributed by atoms with Crippen LogP contribution in [0, 0.1) is 18.8 Å². The van der Waals surface area contributed by atoms with E-state index in [-0.39, 0.29) is 29.6 Å². The zero-order chi connectivity index (χ0) is 20.5. The quantitative estimate of drug-likeness (QED) is 0.690. The number of carbonyl (C=O) groups excluding carboxylic acids is 3. The summed E-state index contributed by atoms with van der Waals surface area (Å²) in [6.45, 7) is 1.94. The Morgan fingerprint density at radius 1 is 1.10 bits per heavy atom. The molecule has 0 aromatic heterocycles. The monoisotopic (exact) mass is 453 g/mol. The van der Waals surface area contributed by atoms with Crippen LogP contribution in [0.25, 0.3) is 0 Å². The minimum absolute atomic E-state index is 0.153. The van der Waals surface area contributed by atoms with Crippen molar-refractivity contribution in [2.45, 2.75) is 19.8 Å². The Labute approximate surface area is 177 Å². The molecule has 2 N–H and O–H groups in total. The van der Waals surface area contributed by atoms with Crippen molar-refractivity contribution in [2.24, 2.45) is 11.8 Å². The highest BCUT2D eigenvalue weighted by molar-refractivity contribution is 9.10. The SMILES string of the molecule is Cc1cc(NC(=O)c2cccc(N3NC(=O)C4CC=CCC4C3=O)c2)ccc1Br. The standard InChI is InChI=1S/C22H20BrN3O3/c1-13-11-15(9-10-19(13)23)24-20(27)14-5-4-6-16(12-14)26-22(29)18-8-3-2-7-17(18)21(28)25-26/h2-6,9-12,17-18H,7-8H2,1H3,(H,24,27)(H,25,28). The van der Waals surface area contributed by atoms with Crippen molar-refractivity contribution in [1.82, 2.24) is 5.43 Å². The number of nitrogens with zero attached hydrogens (tertiary/aromatic N) is 1. The van der Waals surface area contributed by atoms with Crippen LogP contribution in [0.15, 0.2) is 59.1 Å². The van der Waals surface area contributed by atoms with E-state index < -0.39 is 0 Å². The summed E-state index contributed by atoms with van der Waals surface area (Å²) in [6, 6.07) is 12.2. The molecule has 1 heterocycles. The molecular formula is C22H20BrN3O3. The van der Waals surface area contributed by atoms with E-state index in [2.05, 4.69) is 26.7 Å². The number of halogens is 1. The van der Waals surface area contributed by atoms with Gasteiger partial charge in [-0.05, 0) is 61.7 Å². The number of benzene rings is 2. The second-order valence-electron chi connectivity index (χ2n) is 7.27. The van der Waals surface area contributed by atoms with Gasteiger partial charge in [-0.25, -0.2) is 5.01 Å². The highest BCUT2D eigenvalue weighted by atomic mass is 79.9. The highest BCUT2D eigenvalue weighted by Crippen LogP contribution is 2.32. The number of aryl methyl sites for hydroxylation is 1. The van der Waals surface area contributed by atoms with Crippen molar-refractivity contribution in [1.29, 1.82) is 0 Å². The summed E-state index contributed by atoms with van der Waals surface area (Å²) in [5.41, 5.74) is 5.24. The molecule has 3 amide bonds. The summed E-state index contributed by atoms with van der Waals surface area (Å²) < 4.78 is 0.965. The van der Waals surface area contributed by atoms with Crippen LogP contribution in [-0.4, -0.2) is 17.7 Å². The number of carbonyl (C=O) groups is 3.